The van der Waals surface area contributed by atoms with Crippen molar-refractivity contribution in [3.8, 4) is 5.75 Å². The van der Waals surface area contributed by atoms with Gasteiger partial charge in [0.25, 0.3) is 0 Å². The highest BCUT2D eigenvalue weighted by molar-refractivity contribution is 7.15. The van der Waals surface area contributed by atoms with Gasteiger partial charge in [0.1, 0.15) is 5.75 Å². The van der Waals surface area contributed by atoms with Gasteiger partial charge in [-0.1, -0.05) is 12.1 Å². The number of hydrogen-bond donors (Lipinski definition) is 2. The quantitative estimate of drug-likeness (QED) is 0.790. The SMILES string of the molecule is Nc1ncc(Cc2ccc(O)cc2)s1. The van der Waals surface area contributed by atoms with Gasteiger partial charge in [-0.3, -0.25) is 0 Å². The van der Waals surface area contributed by atoms with Gasteiger partial charge >= 0.3 is 0 Å². The summed E-state index contributed by atoms with van der Waals surface area (Å²) in [7, 11) is 0. The van der Waals surface area contributed by atoms with Crippen LogP contribution in [0.15, 0.2) is 30.5 Å². The summed E-state index contributed by atoms with van der Waals surface area (Å²) in [4.78, 5) is 5.11. The summed E-state index contributed by atoms with van der Waals surface area (Å²) in [5, 5.41) is 9.69. The summed E-state index contributed by atoms with van der Waals surface area (Å²) < 4.78 is 0. The summed E-state index contributed by atoms with van der Waals surface area (Å²) in [6.07, 6.45) is 2.60. The minimum atomic E-state index is 0.289. The first-order valence-corrected chi connectivity index (χ1v) is 5.04. The number of nitrogen functional groups attached to an aromatic ring is 1. The fourth-order valence-electron chi connectivity index (χ4n) is 1.22. The second-order valence-corrected chi connectivity index (χ2v) is 4.15. The van der Waals surface area contributed by atoms with Crippen molar-refractivity contribution in [1.82, 2.24) is 4.98 Å². The van der Waals surface area contributed by atoms with Crippen LogP contribution in [0.4, 0.5) is 5.13 Å². The molecule has 14 heavy (non-hydrogen) atoms. The lowest BCUT2D eigenvalue weighted by molar-refractivity contribution is 0.475. The first-order valence-electron chi connectivity index (χ1n) is 4.22. The number of rotatable bonds is 2. The number of phenolic OH excluding ortho intramolecular Hbond substituents is 1. The Balaban J connectivity index is 2.15. The van der Waals surface area contributed by atoms with Crippen LogP contribution in [0.1, 0.15) is 10.4 Å². The molecule has 1 aromatic heterocycles. The van der Waals surface area contributed by atoms with Crippen LogP contribution in [-0.4, -0.2) is 10.1 Å². The van der Waals surface area contributed by atoms with Gasteiger partial charge in [-0.25, -0.2) is 4.98 Å². The Kier molecular flexibility index (Phi) is 2.37. The van der Waals surface area contributed by atoms with E-state index in [1.54, 1.807) is 18.3 Å². The minimum absolute atomic E-state index is 0.289. The minimum Gasteiger partial charge on any atom is -0.508 e. The maximum atomic E-state index is 9.10. The van der Waals surface area contributed by atoms with Crippen LogP contribution in [0.3, 0.4) is 0 Å². The zero-order valence-corrected chi connectivity index (χ0v) is 8.29. The van der Waals surface area contributed by atoms with Crippen LogP contribution >= 0.6 is 11.3 Å². The fourth-order valence-corrected chi connectivity index (χ4v) is 1.94. The number of aromatic nitrogens is 1. The Morgan fingerprint density at radius 2 is 2.00 bits per heavy atom. The third kappa shape index (κ3) is 2.03. The molecule has 1 aromatic carbocycles. The van der Waals surface area contributed by atoms with Gasteiger partial charge in [0.2, 0.25) is 0 Å². The van der Waals surface area contributed by atoms with Gasteiger partial charge in [0.05, 0.1) is 0 Å². The molecule has 0 aliphatic rings. The number of aromatic hydroxyl groups is 1. The lowest BCUT2D eigenvalue weighted by atomic mass is 10.1. The molecule has 4 heteroatoms. The normalized spacial score (nSPS) is 10.3. The van der Waals surface area contributed by atoms with E-state index in [0.29, 0.717) is 5.13 Å². The summed E-state index contributed by atoms with van der Waals surface area (Å²) in [5.41, 5.74) is 6.67. The standard InChI is InChI=1S/C10H10N2OS/c11-10-12-6-9(14-10)5-7-1-3-8(13)4-2-7/h1-4,6,13H,5H2,(H2,11,12). The second kappa shape index (κ2) is 3.67. The van der Waals surface area contributed by atoms with Gasteiger partial charge in [0.15, 0.2) is 5.13 Å². The van der Waals surface area contributed by atoms with E-state index in [-0.39, 0.29) is 5.75 Å². The van der Waals surface area contributed by atoms with E-state index < -0.39 is 0 Å². The molecule has 0 saturated heterocycles. The maximum Gasteiger partial charge on any atom is 0.180 e. The number of anilines is 1. The topological polar surface area (TPSA) is 59.1 Å². The molecule has 0 aliphatic carbocycles. The molecule has 1 heterocycles. The predicted octanol–water partition coefficient (Wildman–Crippen LogP) is 2.02. The van der Waals surface area contributed by atoms with Crippen molar-refractivity contribution in [2.75, 3.05) is 5.73 Å². The summed E-state index contributed by atoms with van der Waals surface area (Å²) in [5.74, 6) is 0.289. The Morgan fingerprint density at radius 3 is 2.57 bits per heavy atom. The molecule has 0 amide bonds. The highest BCUT2D eigenvalue weighted by Crippen LogP contribution is 2.19. The molecule has 0 unspecified atom stereocenters. The Morgan fingerprint density at radius 1 is 1.29 bits per heavy atom. The van der Waals surface area contributed by atoms with Crippen molar-refractivity contribution in [3.05, 3.63) is 40.9 Å². The van der Waals surface area contributed by atoms with Gasteiger partial charge in [-0.15, -0.1) is 11.3 Å². The van der Waals surface area contributed by atoms with Crippen molar-refractivity contribution < 1.29 is 5.11 Å². The van der Waals surface area contributed by atoms with Crippen LogP contribution in [-0.2, 0) is 6.42 Å². The molecular weight excluding hydrogens is 196 g/mol. The molecule has 0 spiro atoms. The van der Waals surface area contributed by atoms with E-state index in [0.717, 1.165) is 16.9 Å². The van der Waals surface area contributed by atoms with E-state index in [1.807, 2.05) is 12.1 Å². The van der Waals surface area contributed by atoms with E-state index in [9.17, 15) is 0 Å². The molecule has 72 valence electrons. The molecule has 3 N–H and O–H groups in total. The van der Waals surface area contributed by atoms with Crippen molar-refractivity contribution in [2.45, 2.75) is 6.42 Å². The molecule has 3 nitrogen and oxygen atoms in total. The van der Waals surface area contributed by atoms with E-state index in [1.165, 1.54) is 11.3 Å². The first kappa shape index (κ1) is 9.02. The average Bonchev–Trinajstić information content (AvgIpc) is 2.56. The molecule has 0 atom stereocenters. The zero-order valence-electron chi connectivity index (χ0n) is 7.47. The first-order chi connectivity index (χ1) is 6.74. The van der Waals surface area contributed by atoms with Crippen LogP contribution in [0.2, 0.25) is 0 Å². The maximum absolute atomic E-state index is 9.10. The zero-order chi connectivity index (χ0) is 9.97. The molecule has 0 bridgehead atoms. The Bertz CT molecular complexity index is 422. The molecule has 2 rings (SSSR count). The molecule has 0 aliphatic heterocycles. The van der Waals surface area contributed by atoms with Gasteiger partial charge < -0.3 is 10.8 Å². The molecule has 0 radical (unpaired) electrons. The summed E-state index contributed by atoms with van der Waals surface area (Å²) >= 11 is 1.49. The summed E-state index contributed by atoms with van der Waals surface area (Å²) in [6, 6.07) is 7.15. The Hall–Kier alpha value is -1.55. The van der Waals surface area contributed by atoms with Crippen LogP contribution in [0.5, 0.6) is 5.75 Å². The highest BCUT2D eigenvalue weighted by atomic mass is 32.1. The smallest absolute Gasteiger partial charge is 0.180 e. The van der Waals surface area contributed by atoms with Crippen LogP contribution < -0.4 is 5.73 Å². The molecule has 0 saturated carbocycles. The number of phenols is 1. The van der Waals surface area contributed by atoms with Crippen molar-refractivity contribution in [2.24, 2.45) is 0 Å². The molecule has 2 aromatic rings. The van der Waals surface area contributed by atoms with Crippen LogP contribution in [0.25, 0.3) is 0 Å². The van der Waals surface area contributed by atoms with E-state index >= 15 is 0 Å². The third-order valence-electron chi connectivity index (χ3n) is 1.89. The Labute approximate surface area is 85.8 Å². The van der Waals surface area contributed by atoms with Crippen molar-refractivity contribution in [1.29, 1.82) is 0 Å². The van der Waals surface area contributed by atoms with Crippen LogP contribution in [0, 0.1) is 0 Å². The predicted molar refractivity (Wildman–Crippen MR) is 57.4 cm³/mol. The highest BCUT2D eigenvalue weighted by Gasteiger charge is 2.00. The lowest BCUT2D eigenvalue weighted by Crippen LogP contribution is -1.82. The molecule has 0 fully saturated rings. The number of hydrogen-bond acceptors (Lipinski definition) is 4. The fraction of sp³-hybridized carbons (Fsp3) is 0.100. The average molecular weight is 206 g/mol. The summed E-state index contributed by atoms with van der Waals surface area (Å²) in [6.45, 7) is 0. The van der Waals surface area contributed by atoms with Crippen molar-refractivity contribution >= 4 is 16.5 Å². The monoisotopic (exact) mass is 206 g/mol. The van der Waals surface area contributed by atoms with Gasteiger partial charge in [0, 0.05) is 17.5 Å². The van der Waals surface area contributed by atoms with Crippen molar-refractivity contribution in [3.63, 3.8) is 0 Å². The molecular formula is C10H10N2OS. The van der Waals surface area contributed by atoms with E-state index in [2.05, 4.69) is 4.98 Å². The van der Waals surface area contributed by atoms with Gasteiger partial charge in [-0.2, -0.15) is 0 Å². The largest absolute Gasteiger partial charge is 0.508 e. The number of benzene rings is 1. The third-order valence-corrected chi connectivity index (χ3v) is 2.71. The number of nitrogens with zero attached hydrogens (tertiary/aromatic N) is 1. The van der Waals surface area contributed by atoms with E-state index in [4.69, 9.17) is 10.8 Å². The number of thiazole rings is 1. The lowest BCUT2D eigenvalue weighted by Gasteiger charge is -1.97. The number of nitrogens with two attached hydrogens (primary N) is 1. The van der Waals surface area contributed by atoms with Gasteiger partial charge in [-0.05, 0) is 17.7 Å². The second-order valence-electron chi connectivity index (χ2n) is 3.01.